The van der Waals surface area contributed by atoms with E-state index in [0.29, 0.717) is 4.47 Å². The van der Waals surface area contributed by atoms with Crippen molar-refractivity contribution in [2.24, 2.45) is 5.73 Å². The van der Waals surface area contributed by atoms with Crippen molar-refractivity contribution < 1.29 is 23.9 Å². The first-order chi connectivity index (χ1) is 9.31. The molecular formula is C12H12BrFN2O4. The van der Waals surface area contributed by atoms with Crippen LogP contribution in [0.5, 0.6) is 0 Å². The number of carbonyl (C=O) groups is 3. The molecule has 0 aliphatic heterocycles. The number of amides is 2. The summed E-state index contributed by atoms with van der Waals surface area (Å²) in [6, 6.07) is 2.20. The predicted molar refractivity (Wildman–Crippen MR) is 71.4 cm³/mol. The van der Waals surface area contributed by atoms with E-state index in [9.17, 15) is 18.8 Å². The van der Waals surface area contributed by atoms with Crippen molar-refractivity contribution in [3.8, 4) is 0 Å². The molecule has 0 aliphatic rings. The van der Waals surface area contributed by atoms with Crippen LogP contribution in [0.25, 0.3) is 0 Å². The van der Waals surface area contributed by atoms with E-state index < -0.39 is 29.6 Å². The number of carboxylic acid groups (broad SMARTS) is 1. The number of carboxylic acids is 1. The number of primary amides is 1. The van der Waals surface area contributed by atoms with Crippen molar-refractivity contribution >= 4 is 33.7 Å². The molecule has 0 bridgehead atoms. The van der Waals surface area contributed by atoms with E-state index in [-0.39, 0.29) is 18.4 Å². The Balaban J connectivity index is 2.82. The lowest BCUT2D eigenvalue weighted by Crippen LogP contribution is -2.41. The normalized spacial score (nSPS) is 11.7. The van der Waals surface area contributed by atoms with Gasteiger partial charge < -0.3 is 16.2 Å². The van der Waals surface area contributed by atoms with E-state index in [2.05, 4.69) is 21.2 Å². The third-order valence-electron chi connectivity index (χ3n) is 2.46. The van der Waals surface area contributed by atoms with E-state index in [1.165, 1.54) is 6.07 Å². The van der Waals surface area contributed by atoms with Gasteiger partial charge in [-0.15, -0.1) is 0 Å². The van der Waals surface area contributed by atoms with Gasteiger partial charge in [-0.2, -0.15) is 0 Å². The Morgan fingerprint density at radius 1 is 1.40 bits per heavy atom. The lowest BCUT2D eigenvalue weighted by atomic mass is 10.1. The van der Waals surface area contributed by atoms with Crippen molar-refractivity contribution in [2.75, 3.05) is 0 Å². The second kappa shape index (κ2) is 6.99. The molecule has 108 valence electrons. The molecule has 1 atom stereocenters. The SMILES string of the molecule is NC(=O)CC[C@H](NC(=O)c1cc(F)ccc1Br)C(=O)O. The van der Waals surface area contributed by atoms with Crippen LogP contribution in [-0.2, 0) is 9.59 Å². The molecule has 1 aromatic carbocycles. The molecule has 0 unspecified atom stereocenters. The maximum Gasteiger partial charge on any atom is 0.326 e. The minimum Gasteiger partial charge on any atom is -0.480 e. The quantitative estimate of drug-likeness (QED) is 0.714. The van der Waals surface area contributed by atoms with E-state index in [1.807, 2.05) is 0 Å². The van der Waals surface area contributed by atoms with E-state index in [1.54, 1.807) is 0 Å². The first-order valence-electron chi connectivity index (χ1n) is 5.58. The summed E-state index contributed by atoms with van der Waals surface area (Å²) in [4.78, 5) is 33.5. The summed E-state index contributed by atoms with van der Waals surface area (Å²) in [6.45, 7) is 0. The van der Waals surface area contributed by atoms with Crippen molar-refractivity contribution in [2.45, 2.75) is 18.9 Å². The Labute approximate surface area is 122 Å². The fraction of sp³-hybridized carbons (Fsp3) is 0.250. The first kappa shape index (κ1) is 16.1. The summed E-state index contributed by atoms with van der Waals surface area (Å²) < 4.78 is 13.4. The topological polar surface area (TPSA) is 109 Å². The number of carbonyl (C=O) groups excluding carboxylic acids is 2. The van der Waals surface area contributed by atoms with Crippen LogP contribution in [0.4, 0.5) is 4.39 Å². The fourth-order valence-electron chi connectivity index (χ4n) is 1.45. The van der Waals surface area contributed by atoms with Crippen LogP contribution in [0.1, 0.15) is 23.2 Å². The van der Waals surface area contributed by atoms with E-state index in [0.717, 1.165) is 12.1 Å². The Morgan fingerprint density at radius 3 is 2.60 bits per heavy atom. The molecule has 4 N–H and O–H groups in total. The molecular weight excluding hydrogens is 335 g/mol. The highest BCUT2D eigenvalue weighted by atomic mass is 79.9. The molecule has 20 heavy (non-hydrogen) atoms. The molecule has 6 nitrogen and oxygen atoms in total. The average Bonchev–Trinajstić information content (AvgIpc) is 2.36. The summed E-state index contributed by atoms with van der Waals surface area (Å²) >= 11 is 3.07. The van der Waals surface area contributed by atoms with Gasteiger partial charge in [-0.1, -0.05) is 0 Å². The minimum atomic E-state index is -1.30. The minimum absolute atomic E-state index is 0.0321. The number of hydrogen-bond acceptors (Lipinski definition) is 3. The summed E-state index contributed by atoms with van der Waals surface area (Å²) in [5.41, 5.74) is 4.89. The average molecular weight is 347 g/mol. The van der Waals surface area contributed by atoms with Crippen LogP contribution in [0.15, 0.2) is 22.7 Å². The van der Waals surface area contributed by atoms with Gasteiger partial charge in [0.05, 0.1) is 5.56 Å². The fourth-order valence-corrected chi connectivity index (χ4v) is 1.88. The van der Waals surface area contributed by atoms with Gasteiger partial charge in [0, 0.05) is 10.9 Å². The number of hydrogen-bond donors (Lipinski definition) is 3. The van der Waals surface area contributed by atoms with Crippen molar-refractivity contribution in [1.82, 2.24) is 5.32 Å². The van der Waals surface area contributed by atoms with Crippen LogP contribution in [0.2, 0.25) is 0 Å². The molecule has 0 saturated heterocycles. The Morgan fingerprint density at radius 2 is 2.05 bits per heavy atom. The number of halogens is 2. The zero-order valence-electron chi connectivity index (χ0n) is 10.2. The zero-order chi connectivity index (χ0) is 15.3. The maximum absolute atomic E-state index is 13.1. The van der Waals surface area contributed by atoms with Gasteiger partial charge in [0.2, 0.25) is 5.91 Å². The van der Waals surface area contributed by atoms with Gasteiger partial charge in [-0.3, -0.25) is 9.59 Å². The van der Waals surface area contributed by atoms with Crippen molar-refractivity contribution in [1.29, 1.82) is 0 Å². The molecule has 0 aromatic heterocycles. The Hall–Kier alpha value is -1.96. The molecule has 2 amide bonds. The van der Waals surface area contributed by atoms with Crippen molar-refractivity contribution in [3.05, 3.63) is 34.1 Å². The smallest absolute Gasteiger partial charge is 0.326 e. The highest BCUT2D eigenvalue weighted by Gasteiger charge is 2.22. The van der Waals surface area contributed by atoms with Gasteiger partial charge in [0.25, 0.3) is 5.91 Å². The van der Waals surface area contributed by atoms with Gasteiger partial charge in [-0.05, 0) is 40.5 Å². The first-order valence-corrected chi connectivity index (χ1v) is 6.37. The molecule has 0 fully saturated rings. The van der Waals surface area contributed by atoms with Crippen LogP contribution < -0.4 is 11.1 Å². The third kappa shape index (κ3) is 4.61. The van der Waals surface area contributed by atoms with Crippen LogP contribution >= 0.6 is 15.9 Å². The second-order valence-corrected chi connectivity index (χ2v) is 4.85. The molecule has 0 spiro atoms. The summed E-state index contributed by atoms with van der Waals surface area (Å²) in [5, 5.41) is 11.2. The lowest BCUT2D eigenvalue weighted by Gasteiger charge is -2.14. The molecule has 1 rings (SSSR count). The molecule has 1 aromatic rings. The van der Waals surface area contributed by atoms with Gasteiger partial charge in [-0.25, -0.2) is 9.18 Å². The number of rotatable bonds is 6. The Bertz CT molecular complexity index is 550. The summed E-state index contributed by atoms with van der Waals surface area (Å²) in [5.74, 6) is -3.35. The number of aliphatic carboxylic acids is 1. The molecule has 8 heteroatoms. The van der Waals surface area contributed by atoms with Crippen LogP contribution in [0, 0.1) is 5.82 Å². The van der Waals surface area contributed by atoms with Gasteiger partial charge in [0.15, 0.2) is 0 Å². The zero-order valence-corrected chi connectivity index (χ0v) is 11.8. The van der Waals surface area contributed by atoms with Gasteiger partial charge >= 0.3 is 5.97 Å². The predicted octanol–water partition coefficient (Wildman–Crippen LogP) is 1.04. The van der Waals surface area contributed by atoms with Crippen molar-refractivity contribution in [3.63, 3.8) is 0 Å². The summed E-state index contributed by atoms with van der Waals surface area (Å²) in [6.07, 6.45) is -0.315. The molecule has 0 aliphatic carbocycles. The molecule has 0 radical (unpaired) electrons. The lowest BCUT2D eigenvalue weighted by molar-refractivity contribution is -0.139. The highest BCUT2D eigenvalue weighted by molar-refractivity contribution is 9.10. The molecule has 0 saturated carbocycles. The molecule has 0 heterocycles. The number of nitrogens with two attached hydrogens (primary N) is 1. The standard InChI is InChI=1S/C12H12BrFN2O4/c13-8-2-1-6(14)5-7(8)11(18)16-9(12(19)20)3-4-10(15)17/h1-2,5,9H,3-4H2,(H2,15,17)(H,16,18)(H,19,20)/t9-/m0/s1. The van der Waals surface area contributed by atoms with Gasteiger partial charge in [0.1, 0.15) is 11.9 Å². The maximum atomic E-state index is 13.1. The highest BCUT2D eigenvalue weighted by Crippen LogP contribution is 2.18. The largest absolute Gasteiger partial charge is 0.480 e. The third-order valence-corrected chi connectivity index (χ3v) is 3.15. The summed E-state index contributed by atoms with van der Waals surface area (Å²) in [7, 11) is 0. The van der Waals surface area contributed by atoms with E-state index in [4.69, 9.17) is 10.8 Å². The van der Waals surface area contributed by atoms with E-state index >= 15 is 0 Å². The Kier molecular flexibility index (Phi) is 5.63. The number of benzene rings is 1. The van der Waals surface area contributed by atoms with Crippen LogP contribution in [0.3, 0.4) is 0 Å². The van der Waals surface area contributed by atoms with Crippen LogP contribution in [-0.4, -0.2) is 28.9 Å². The number of nitrogens with one attached hydrogen (secondary N) is 1. The monoisotopic (exact) mass is 346 g/mol. The second-order valence-electron chi connectivity index (χ2n) is 3.99.